The van der Waals surface area contributed by atoms with Gasteiger partial charge in [-0.15, -0.1) is 0 Å². The van der Waals surface area contributed by atoms with Crippen molar-refractivity contribution in [3.05, 3.63) is 36.0 Å². The molecule has 1 heteroatoms. The Morgan fingerprint density at radius 2 is 2.18 bits per heavy atom. The third-order valence-electron chi connectivity index (χ3n) is 1.88. The Balaban J connectivity index is 2.95. The van der Waals surface area contributed by atoms with Crippen molar-refractivity contribution in [3.8, 4) is 0 Å². The second kappa shape index (κ2) is 3.33. The molecule has 0 aromatic carbocycles. The topological polar surface area (TPSA) is 17.1 Å². The van der Waals surface area contributed by atoms with Gasteiger partial charge in [0.1, 0.15) is 0 Å². The highest BCUT2D eigenvalue weighted by Crippen LogP contribution is 2.26. The van der Waals surface area contributed by atoms with Crippen LogP contribution < -0.4 is 0 Å². The summed E-state index contributed by atoms with van der Waals surface area (Å²) in [6.45, 7) is 5.50. The number of carbonyl (C=O) groups is 1. The van der Waals surface area contributed by atoms with Gasteiger partial charge >= 0.3 is 0 Å². The van der Waals surface area contributed by atoms with Crippen molar-refractivity contribution < 1.29 is 4.79 Å². The first kappa shape index (κ1) is 7.99. The van der Waals surface area contributed by atoms with Crippen LogP contribution in [0.4, 0.5) is 0 Å². The van der Waals surface area contributed by atoms with Crippen LogP contribution in [-0.4, -0.2) is 5.78 Å². The number of Topliss-reactive ketones (excluding diaryl/α,β-unsaturated/α-hetero) is 1. The van der Waals surface area contributed by atoms with Gasteiger partial charge in [-0.25, -0.2) is 0 Å². The molecule has 0 atom stereocenters. The van der Waals surface area contributed by atoms with Crippen molar-refractivity contribution in [2.24, 2.45) is 0 Å². The maximum Gasteiger partial charge on any atom is 0.163 e. The van der Waals surface area contributed by atoms with Gasteiger partial charge in [0, 0.05) is 12.0 Å². The Morgan fingerprint density at radius 3 is 2.73 bits per heavy atom. The molecule has 1 aliphatic rings. The molecule has 1 aliphatic carbocycles. The Kier molecular flexibility index (Phi) is 2.42. The van der Waals surface area contributed by atoms with Crippen LogP contribution in [0.25, 0.3) is 0 Å². The summed E-state index contributed by atoms with van der Waals surface area (Å²) < 4.78 is 0. The van der Waals surface area contributed by atoms with Gasteiger partial charge < -0.3 is 0 Å². The standard InChI is InChI=1S/C10H12O/c1-3-5-8-6-7-10(11)9(8)4-2/h3-5H,1,6-7H2,2H3/b8-5-,9-4+. The lowest BCUT2D eigenvalue weighted by Gasteiger charge is -1.94. The quantitative estimate of drug-likeness (QED) is 0.522. The SMILES string of the molecule is C=C/C=C1/CCC(=O)/C1=C/C. The highest BCUT2D eigenvalue weighted by atomic mass is 16.1. The Bertz CT molecular complexity index is 244. The highest BCUT2D eigenvalue weighted by Gasteiger charge is 2.20. The van der Waals surface area contributed by atoms with Crippen molar-refractivity contribution in [2.75, 3.05) is 0 Å². The van der Waals surface area contributed by atoms with E-state index in [1.54, 1.807) is 6.08 Å². The summed E-state index contributed by atoms with van der Waals surface area (Å²) in [6, 6.07) is 0. The lowest BCUT2D eigenvalue weighted by molar-refractivity contribution is -0.114. The molecule has 58 valence electrons. The first-order valence-electron chi connectivity index (χ1n) is 3.81. The zero-order valence-corrected chi connectivity index (χ0v) is 6.76. The Labute approximate surface area is 67.1 Å². The molecule has 1 nitrogen and oxygen atoms in total. The van der Waals surface area contributed by atoms with Crippen LogP contribution in [0.5, 0.6) is 0 Å². The smallest absolute Gasteiger partial charge is 0.163 e. The molecule has 0 bridgehead atoms. The molecule has 11 heavy (non-hydrogen) atoms. The number of rotatable bonds is 1. The van der Waals surface area contributed by atoms with Gasteiger partial charge in [-0.05, 0) is 18.9 Å². The summed E-state index contributed by atoms with van der Waals surface area (Å²) >= 11 is 0. The molecule has 0 aliphatic heterocycles. The zero-order valence-electron chi connectivity index (χ0n) is 6.76. The third kappa shape index (κ3) is 1.48. The third-order valence-corrected chi connectivity index (χ3v) is 1.88. The average molecular weight is 148 g/mol. The van der Waals surface area contributed by atoms with Gasteiger partial charge in [0.15, 0.2) is 5.78 Å². The van der Waals surface area contributed by atoms with Gasteiger partial charge in [0.25, 0.3) is 0 Å². The van der Waals surface area contributed by atoms with Gasteiger partial charge in [-0.3, -0.25) is 4.79 Å². The van der Waals surface area contributed by atoms with E-state index in [-0.39, 0.29) is 5.78 Å². The summed E-state index contributed by atoms with van der Waals surface area (Å²) in [5.74, 6) is 0.264. The lowest BCUT2D eigenvalue weighted by atomic mass is 10.1. The second-order valence-electron chi connectivity index (χ2n) is 2.55. The van der Waals surface area contributed by atoms with E-state index in [1.165, 1.54) is 0 Å². The second-order valence-corrected chi connectivity index (χ2v) is 2.55. The average Bonchev–Trinajstić information content (AvgIpc) is 2.33. The molecule has 1 rings (SSSR count). The molecule has 0 heterocycles. The van der Waals surface area contributed by atoms with Crippen molar-refractivity contribution in [3.63, 3.8) is 0 Å². The molecular formula is C10H12O. The minimum atomic E-state index is 0.264. The molecule has 0 spiro atoms. The largest absolute Gasteiger partial charge is 0.294 e. The number of hydrogen-bond acceptors (Lipinski definition) is 1. The predicted molar refractivity (Wildman–Crippen MR) is 46.3 cm³/mol. The van der Waals surface area contributed by atoms with Gasteiger partial charge in [0.05, 0.1) is 0 Å². The van der Waals surface area contributed by atoms with Crippen LogP contribution in [0, 0.1) is 0 Å². The molecule has 0 amide bonds. The number of carbonyl (C=O) groups excluding carboxylic acids is 1. The number of hydrogen-bond donors (Lipinski definition) is 0. The maximum atomic E-state index is 11.1. The van der Waals surface area contributed by atoms with Gasteiger partial charge in [0.2, 0.25) is 0 Å². The highest BCUT2D eigenvalue weighted by molar-refractivity contribution is 6.02. The van der Waals surface area contributed by atoms with E-state index in [1.807, 2.05) is 19.1 Å². The molecule has 0 radical (unpaired) electrons. The van der Waals surface area contributed by atoms with Crippen molar-refractivity contribution in [1.29, 1.82) is 0 Å². The summed E-state index contributed by atoms with van der Waals surface area (Å²) in [5.41, 5.74) is 2.01. The van der Waals surface area contributed by atoms with Crippen LogP contribution in [0.3, 0.4) is 0 Å². The Hall–Kier alpha value is -1.11. The maximum absolute atomic E-state index is 11.1. The fourth-order valence-electron chi connectivity index (χ4n) is 1.36. The van der Waals surface area contributed by atoms with Crippen molar-refractivity contribution in [2.45, 2.75) is 19.8 Å². The van der Waals surface area contributed by atoms with Crippen LogP contribution in [0.15, 0.2) is 36.0 Å². The summed E-state index contributed by atoms with van der Waals surface area (Å²) in [6.07, 6.45) is 7.08. The molecular weight excluding hydrogens is 136 g/mol. The minimum absolute atomic E-state index is 0.264. The van der Waals surface area contributed by atoms with E-state index in [4.69, 9.17) is 0 Å². The number of ketones is 1. The minimum Gasteiger partial charge on any atom is -0.294 e. The predicted octanol–water partition coefficient (Wildman–Crippen LogP) is 2.41. The zero-order chi connectivity index (χ0) is 8.27. The van der Waals surface area contributed by atoms with Gasteiger partial charge in [-0.2, -0.15) is 0 Å². The first-order valence-corrected chi connectivity index (χ1v) is 3.81. The fraction of sp³-hybridized carbons (Fsp3) is 0.300. The monoisotopic (exact) mass is 148 g/mol. The van der Waals surface area contributed by atoms with E-state index in [9.17, 15) is 4.79 Å². The van der Waals surface area contributed by atoms with Gasteiger partial charge in [-0.1, -0.05) is 24.8 Å². The number of allylic oxidation sites excluding steroid dienone is 5. The Morgan fingerprint density at radius 1 is 1.45 bits per heavy atom. The van der Waals surface area contributed by atoms with E-state index >= 15 is 0 Å². The first-order chi connectivity index (χ1) is 5.29. The van der Waals surface area contributed by atoms with E-state index < -0.39 is 0 Å². The van der Waals surface area contributed by atoms with E-state index in [2.05, 4.69) is 6.58 Å². The molecule has 0 aromatic heterocycles. The molecule has 0 N–H and O–H groups in total. The van der Waals surface area contributed by atoms with E-state index in [0.717, 1.165) is 17.6 Å². The van der Waals surface area contributed by atoms with E-state index in [0.29, 0.717) is 6.42 Å². The van der Waals surface area contributed by atoms with Crippen molar-refractivity contribution >= 4 is 5.78 Å². The van der Waals surface area contributed by atoms with Crippen LogP contribution >= 0.6 is 0 Å². The molecule has 0 saturated heterocycles. The van der Waals surface area contributed by atoms with Crippen LogP contribution in [-0.2, 0) is 4.79 Å². The molecule has 1 saturated carbocycles. The fourth-order valence-corrected chi connectivity index (χ4v) is 1.36. The molecule has 0 unspecified atom stereocenters. The summed E-state index contributed by atoms with van der Waals surface area (Å²) in [4.78, 5) is 11.1. The van der Waals surface area contributed by atoms with Crippen molar-refractivity contribution in [1.82, 2.24) is 0 Å². The summed E-state index contributed by atoms with van der Waals surface area (Å²) in [5, 5.41) is 0. The van der Waals surface area contributed by atoms with Crippen LogP contribution in [0.1, 0.15) is 19.8 Å². The molecule has 1 fully saturated rings. The normalized spacial score (nSPS) is 25.0. The lowest BCUT2D eigenvalue weighted by Crippen LogP contribution is -1.91. The van der Waals surface area contributed by atoms with Crippen LogP contribution in [0.2, 0.25) is 0 Å². The summed E-state index contributed by atoms with van der Waals surface area (Å²) in [7, 11) is 0. The molecule has 0 aromatic rings.